The summed E-state index contributed by atoms with van der Waals surface area (Å²) in [7, 11) is 0. The molecule has 0 bridgehead atoms. The van der Waals surface area contributed by atoms with Gasteiger partial charge in [0.15, 0.2) is 0 Å². The van der Waals surface area contributed by atoms with E-state index in [4.69, 9.17) is 4.74 Å². The van der Waals surface area contributed by atoms with Gasteiger partial charge in [0.2, 0.25) is 0 Å². The molecule has 0 radical (unpaired) electrons. The number of hydrogen-bond donors (Lipinski definition) is 2. The van der Waals surface area contributed by atoms with Crippen molar-refractivity contribution in [3.8, 4) is 11.5 Å². The maximum atomic E-state index is 11.5. The lowest BCUT2D eigenvalue weighted by molar-refractivity contribution is 0.252. The number of anilines is 1. The third-order valence-corrected chi connectivity index (χ3v) is 2.90. The van der Waals surface area contributed by atoms with Crippen LogP contribution in [0.25, 0.3) is 0 Å². The first-order valence-electron chi connectivity index (χ1n) is 7.07. The molecular weight excluding hydrogens is 264 g/mol. The standard InChI is InChI=1S/C17H20N2O2/c1-3-12-18-17(20)19-14-6-10-16(11-7-14)21-15-8-4-13(2)5-9-15/h4-11H,3,12H2,1-2H3,(H2,18,19,20). The largest absolute Gasteiger partial charge is 0.457 e. The van der Waals surface area contributed by atoms with Crippen LogP contribution < -0.4 is 15.4 Å². The van der Waals surface area contributed by atoms with Crippen molar-refractivity contribution in [2.75, 3.05) is 11.9 Å². The second-order valence-corrected chi connectivity index (χ2v) is 4.82. The summed E-state index contributed by atoms with van der Waals surface area (Å²) in [4.78, 5) is 11.5. The van der Waals surface area contributed by atoms with E-state index in [1.807, 2.05) is 62.4 Å². The van der Waals surface area contributed by atoms with Gasteiger partial charge in [-0.3, -0.25) is 0 Å². The highest BCUT2D eigenvalue weighted by Crippen LogP contribution is 2.23. The van der Waals surface area contributed by atoms with Gasteiger partial charge < -0.3 is 15.4 Å². The van der Waals surface area contributed by atoms with Crippen molar-refractivity contribution in [2.45, 2.75) is 20.3 Å². The third-order valence-electron chi connectivity index (χ3n) is 2.90. The summed E-state index contributed by atoms with van der Waals surface area (Å²) in [6.45, 7) is 4.71. The Kier molecular flexibility index (Phi) is 5.21. The van der Waals surface area contributed by atoms with Gasteiger partial charge in [0.25, 0.3) is 0 Å². The molecule has 2 aromatic rings. The van der Waals surface area contributed by atoms with Crippen molar-refractivity contribution in [2.24, 2.45) is 0 Å². The molecule has 2 amide bonds. The van der Waals surface area contributed by atoms with E-state index in [1.165, 1.54) is 5.56 Å². The van der Waals surface area contributed by atoms with Crippen LogP contribution in [0, 0.1) is 6.92 Å². The van der Waals surface area contributed by atoms with Gasteiger partial charge in [0.05, 0.1) is 0 Å². The number of carbonyl (C=O) groups excluding carboxylic acids is 1. The molecule has 0 aliphatic heterocycles. The van der Waals surface area contributed by atoms with Crippen LogP contribution in [0.4, 0.5) is 10.5 Å². The van der Waals surface area contributed by atoms with E-state index in [1.54, 1.807) is 0 Å². The van der Waals surface area contributed by atoms with Gasteiger partial charge in [-0.05, 0) is 49.7 Å². The summed E-state index contributed by atoms with van der Waals surface area (Å²) in [6.07, 6.45) is 0.913. The molecule has 0 saturated carbocycles. The van der Waals surface area contributed by atoms with Gasteiger partial charge in [-0.25, -0.2) is 4.79 Å². The van der Waals surface area contributed by atoms with Crippen LogP contribution in [-0.2, 0) is 0 Å². The van der Waals surface area contributed by atoms with Gasteiger partial charge in [0, 0.05) is 12.2 Å². The van der Waals surface area contributed by atoms with Crippen LogP contribution in [0.1, 0.15) is 18.9 Å². The van der Waals surface area contributed by atoms with E-state index in [0.717, 1.165) is 23.6 Å². The fourth-order valence-electron chi connectivity index (χ4n) is 1.76. The van der Waals surface area contributed by atoms with Crippen LogP contribution >= 0.6 is 0 Å². The lowest BCUT2D eigenvalue weighted by Gasteiger charge is -2.09. The summed E-state index contributed by atoms with van der Waals surface area (Å²) < 4.78 is 5.73. The summed E-state index contributed by atoms with van der Waals surface area (Å²) in [5.74, 6) is 1.53. The van der Waals surface area contributed by atoms with Crippen molar-refractivity contribution < 1.29 is 9.53 Å². The summed E-state index contributed by atoms with van der Waals surface area (Å²) in [6, 6.07) is 15.0. The van der Waals surface area contributed by atoms with Crippen molar-refractivity contribution in [1.29, 1.82) is 0 Å². The molecule has 0 unspecified atom stereocenters. The van der Waals surface area contributed by atoms with Gasteiger partial charge in [-0.2, -0.15) is 0 Å². The normalized spacial score (nSPS) is 10.0. The number of rotatable bonds is 5. The van der Waals surface area contributed by atoms with E-state index < -0.39 is 0 Å². The van der Waals surface area contributed by atoms with Gasteiger partial charge in [-0.15, -0.1) is 0 Å². The first kappa shape index (κ1) is 14.9. The Balaban J connectivity index is 1.92. The number of aryl methyl sites for hydroxylation is 1. The summed E-state index contributed by atoms with van der Waals surface area (Å²) in [5, 5.41) is 5.53. The number of amides is 2. The molecule has 0 aliphatic carbocycles. The Morgan fingerprint density at radius 3 is 2.14 bits per heavy atom. The van der Waals surface area contributed by atoms with Crippen molar-refractivity contribution >= 4 is 11.7 Å². The Labute approximate surface area is 125 Å². The summed E-state index contributed by atoms with van der Waals surface area (Å²) in [5.41, 5.74) is 1.93. The van der Waals surface area contributed by atoms with Gasteiger partial charge in [0.1, 0.15) is 11.5 Å². The molecule has 2 N–H and O–H groups in total. The van der Waals surface area contributed by atoms with E-state index in [-0.39, 0.29) is 6.03 Å². The van der Waals surface area contributed by atoms with Crippen molar-refractivity contribution in [3.05, 3.63) is 54.1 Å². The molecule has 0 aromatic heterocycles. The zero-order valence-corrected chi connectivity index (χ0v) is 12.3. The average Bonchev–Trinajstić information content (AvgIpc) is 2.49. The maximum absolute atomic E-state index is 11.5. The van der Waals surface area contributed by atoms with Gasteiger partial charge >= 0.3 is 6.03 Å². The molecule has 0 fully saturated rings. The molecule has 21 heavy (non-hydrogen) atoms. The Morgan fingerprint density at radius 1 is 1.00 bits per heavy atom. The van der Waals surface area contributed by atoms with Crippen LogP contribution in [-0.4, -0.2) is 12.6 Å². The van der Waals surface area contributed by atoms with Crippen LogP contribution in [0.3, 0.4) is 0 Å². The molecule has 0 aliphatic rings. The van der Waals surface area contributed by atoms with Crippen molar-refractivity contribution in [3.63, 3.8) is 0 Å². The van der Waals surface area contributed by atoms with Crippen LogP contribution in [0.5, 0.6) is 11.5 Å². The smallest absolute Gasteiger partial charge is 0.319 e. The zero-order valence-electron chi connectivity index (χ0n) is 12.3. The van der Waals surface area contributed by atoms with E-state index in [2.05, 4.69) is 10.6 Å². The van der Waals surface area contributed by atoms with Crippen LogP contribution in [0.2, 0.25) is 0 Å². The van der Waals surface area contributed by atoms with E-state index in [9.17, 15) is 4.79 Å². The fourth-order valence-corrected chi connectivity index (χ4v) is 1.76. The molecule has 0 spiro atoms. The first-order valence-corrected chi connectivity index (χ1v) is 7.07. The lowest BCUT2D eigenvalue weighted by atomic mass is 10.2. The number of benzene rings is 2. The Morgan fingerprint density at radius 2 is 1.57 bits per heavy atom. The lowest BCUT2D eigenvalue weighted by Crippen LogP contribution is -2.29. The maximum Gasteiger partial charge on any atom is 0.319 e. The molecule has 2 rings (SSSR count). The molecule has 0 atom stereocenters. The number of ether oxygens (including phenoxy) is 1. The molecule has 0 heterocycles. The average molecular weight is 284 g/mol. The monoisotopic (exact) mass is 284 g/mol. The predicted octanol–water partition coefficient (Wildman–Crippen LogP) is 4.32. The minimum absolute atomic E-state index is 0.191. The van der Waals surface area contributed by atoms with Crippen molar-refractivity contribution in [1.82, 2.24) is 5.32 Å². The highest BCUT2D eigenvalue weighted by atomic mass is 16.5. The second kappa shape index (κ2) is 7.33. The number of hydrogen-bond acceptors (Lipinski definition) is 2. The van der Waals surface area contributed by atoms with E-state index in [0.29, 0.717) is 6.54 Å². The number of carbonyl (C=O) groups is 1. The Bertz CT molecular complexity index is 577. The second-order valence-electron chi connectivity index (χ2n) is 4.82. The number of urea groups is 1. The Hall–Kier alpha value is -2.49. The third kappa shape index (κ3) is 4.84. The summed E-state index contributed by atoms with van der Waals surface area (Å²) >= 11 is 0. The van der Waals surface area contributed by atoms with Gasteiger partial charge in [-0.1, -0.05) is 24.6 Å². The van der Waals surface area contributed by atoms with Crippen LogP contribution in [0.15, 0.2) is 48.5 Å². The zero-order chi connectivity index (χ0) is 15.1. The molecule has 4 nitrogen and oxygen atoms in total. The first-order chi connectivity index (χ1) is 10.2. The molecule has 4 heteroatoms. The SMILES string of the molecule is CCCNC(=O)Nc1ccc(Oc2ccc(C)cc2)cc1. The highest BCUT2D eigenvalue weighted by molar-refractivity contribution is 5.89. The van der Waals surface area contributed by atoms with E-state index >= 15 is 0 Å². The highest BCUT2D eigenvalue weighted by Gasteiger charge is 2.01. The molecular formula is C17H20N2O2. The minimum Gasteiger partial charge on any atom is -0.457 e. The molecule has 110 valence electrons. The molecule has 2 aromatic carbocycles. The minimum atomic E-state index is -0.191. The molecule has 0 saturated heterocycles. The number of nitrogens with one attached hydrogen (secondary N) is 2. The predicted molar refractivity (Wildman–Crippen MR) is 85.0 cm³/mol. The quantitative estimate of drug-likeness (QED) is 0.859. The topological polar surface area (TPSA) is 50.4 Å². The fraction of sp³-hybridized carbons (Fsp3) is 0.235.